The molecule has 0 saturated heterocycles. The van der Waals surface area contributed by atoms with E-state index in [-0.39, 0.29) is 23.6 Å². The van der Waals surface area contributed by atoms with E-state index in [1.54, 1.807) is 18.3 Å². The van der Waals surface area contributed by atoms with Gasteiger partial charge in [-0.15, -0.1) is 0 Å². The number of aryl methyl sites for hydroxylation is 1. The van der Waals surface area contributed by atoms with E-state index in [4.69, 9.17) is 21.4 Å². The second kappa shape index (κ2) is 8.50. The van der Waals surface area contributed by atoms with Crippen LogP contribution in [0, 0.1) is 0 Å². The molecule has 2 N–H and O–H groups in total. The van der Waals surface area contributed by atoms with Gasteiger partial charge < -0.3 is 19.7 Å². The Kier molecular flexibility index (Phi) is 5.79. The van der Waals surface area contributed by atoms with Crippen LogP contribution in [0.3, 0.4) is 0 Å². The zero-order valence-corrected chi connectivity index (χ0v) is 17.4. The van der Waals surface area contributed by atoms with Crippen molar-refractivity contribution in [1.29, 1.82) is 0 Å². The Labute approximate surface area is 179 Å². The molecule has 3 aromatic rings. The maximum atomic E-state index is 13.2. The number of aliphatic hydroxyl groups excluding tert-OH is 1. The Bertz CT molecular complexity index is 1150. The highest BCUT2D eigenvalue weighted by Gasteiger charge is 2.24. The lowest BCUT2D eigenvalue weighted by Crippen LogP contribution is -2.31. The van der Waals surface area contributed by atoms with Gasteiger partial charge >= 0.3 is 0 Å². The zero-order chi connectivity index (χ0) is 21.3. The Morgan fingerprint density at radius 2 is 2.03 bits per heavy atom. The maximum Gasteiger partial charge on any atom is 0.257 e. The van der Waals surface area contributed by atoms with Gasteiger partial charge in [-0.1, -0.05) is 23.7 Å². The fraction of sp³-hybridized carbons (Fsp3) is 0.304. The first-order valence-corrected chi connectivity index (χ1v) is 10.3. The minimum atomic E-state index is -0.415. The van der Waals surface area contributed by atoms with Crippen molar-refractivity contribution in [2.75, 3.05) is 13.2 Å². The summed E-state index contributed by atoms with van der Waals surface area (Å²) in [4.78, 5) is 26.1. The largest absolute Gasteiger partial charge is 0.489 e. The van der Waals surface area contributed by atoms with E-state index < -0.39 is 5.91 Å². The lowest BCUT2D eigenvalue weighted by molar-refractivity contribution is 0.0948. The summed E-state index contributed by atoms with van der Waals surface area (Å²) in [5, 5.41) is 13.1. The van der Waals surface area contributed by atoms with Crippen LogP contribution in [0.15, 0.2) is 47.4 Å². The summed E-state index contributed by atoms with van der Waals surface area (Å²) in [5.41, 5.74) is 2.30. The first-order chi connectivity index (χ1) is 14.5. The van der Waals surface area contributed by atoms with Crippen LogP contribution in [-0.2, 0) is 13.0 Å². The van der Waals surface area contributed by atoms with Crippen molar-refractivity contribution >= 4 is 28.4 Å². The predicted octanol–water partition coefficient (Wildman–Crippen LogP) is 3.46. The number of nitrogens with zero attached hydrogens (tertiary/aromatic N) is 1. The molecule has 4 rings (SSSR count). The van der Waals surface area contributed by atoms with Gasteiger partial charge in [0.2, 0.25) is 5.43 Å². The Morgan fingerprint density at radius 3 is 2.77 bits per heavy atom. The van der Waals surface area contributed by atoms with Gasteiger partial charge in [-0.2, -0.15) is 0 Å². The van der Waals surface area contributed by atoms with Crippen LogP contribution < -0.4 is 15.5 Å². The van der Waals surface area contributed by atoms with Crippen molar-refractivity contribution in [3.05, 3.63) is 74.5 Å². The zero-order valence-electron chi connectivity index (χ0n) is 16.7. The summed E-state index contributed by atoms with van der Waals surface area (Å²) >= 11 is 5.90. The maximum absolute atomic E-state index is 13.2. The van der Waals surface area contributed by atoms with Gasteiger partial charge in [-0.3, -0.25) is 9.59 Å². The van der Waals surface area contributed by atoms with E-state index in [0.717, 1.165) is 11.1 Å². The first kappa shape index (κ1) is 20.4. The number of hydrogen-bond acceptors (Lipinski definition) is 4. The fourth-order valence-corrected chi connectivity index (χ4v) is 3.86. The molecule has 7 heteroatoms. The van der Waals surface area contributed by atoms with E-state index in [1.807, 2.05) is 35.8 Å². The topological polar surface area (TPSA) is 80.6 Å². The van der Waals surface area contributed by atoms with Crippen LogP contribution in [0.5, 0.6) is 5.75 Å². The van der Waals surface area contributed by atoms with Gasteiger partial charge in [-0.25, -0.2) is 0 Å². The normalized spacial score (nSPS) is 15.1. The number of aliphatic hydroxyl groups is 1. The number of carbonyl (C=O) groups is 1. The molecule has 2 aromatic carbocycles. The van der Waals surface area contributed by atoms with Crippen LogP contribution >= 0.6 is 11.6 Å². The number of ether oxygens (including phenoxy) is 1. The number of hydrogen-bond donors (Lipinski definition) is 2. The quantitative estimate of drug-likeness (QED) is 0.632. The van der Waals surface area contributed by atoms with Crippen LogP contribution in [0.25, 0.3) is 10.9 Å². The molecule has 30 heavy (non-hydrogen) atoms. The second-order valence-corrected chi connectivity index (χ2v) is 8.00. The minimum Gasteiger partial charge on any atom is -0.489 e. The van der Waals surface area contributed by atoms with Crippen molar-refractivity contribution in [2.45, 2.75) is 32.4 Å². The van der Waals surface area contributed by atoms with Gasteiger partial charge in [0.25, 0.3) is 5.91 Å². The average molecular weight is 427 g/mol. The molecule has 156 valence electrons. The summed E-state index contributed by atoms with van der Waals surface area (Å²) < 4.78 is 7.81. The van der Waals surface area contributed by atoms with Crippen LogP contribution in [0.4, 0.5) is 0 Å². The van der Waals surface area contributed by atoms with Crippen LogP contribution in [0.2, 0.25) is 5.02 Å². The second-order valence-electron chi connectivity index (χ2n) is 7.57. The van der Waals surface area contributed by atoms with Crippen molar-refractivity contribution in [2.24, 2.45) is 0 Å². The standard InChI is InChI=1S/C23H23ClN2O4/c1-14-13-30-20-10-16(3-2-8-27)9-18-21(20)26(14)12-19(22(18)28)23(29)25-11-15-4-6-17(24)7-5-15/h4-7,9-10,12,14,27H,2-3,8,11,13H2,1H3,(H,25,29). The number of aromatic nitrogens is 1. The first-order valence-electron chi connectivity index (χ1n) is 9.96. The van der Waals surface area contributed by atoms with Gasteiger partial charge in [0, 0.05) is 24.4 Å². The molecule has 0 fully saturated rings. The molecular formula is C23H23ClN2O4. The van der Waals surface area contributed by atoms with E-state index >= 15 is 0 Å². The molecule has 1 aliphatic heterocycles. The third-order valence-electron chi connectivity index (χ3n) is 5.34. The molecule has 6 nitrogen and oxygen atoms in total. The summed E-state index contributed by atoms with van der Waals surface area (Å²) in [6.07, 6.45) is 2.85. The predicted molar refractivity (Wildman–Crippen MR) is 116 cm³/mol. The highest BCUT2D eigenvalue weighted by Crippen LogP contribution is 2.33. The molecule has 1 atom stereocenters. The Morgan fingerprint density at radius 1 is 1.27 bits per heavy atom. The minimum absolute atomic E-state index is 0.00768. The van der Waals surface area contributed by atoms with E-state index in [1.165, 1.54) is 0 Å². The molecule has 0 radical (unpaired) electrons. The number of benzene rings is 2. The number of rotatable bonds is 6. The molecule has 1 unspecified atom stereocenters. The average Bonchev–Trinajstić information content (AvgIpc) is 2.75. The number of halogens is 1. The van der Waals surface area contributed by atoms with Gasteiger partial charge in [0.1, 0.15) is 17.9 Å². The molecule has 1 aromatic heterocycles. The molecular weight excluding hydrogens is 404 g/mol. The third-order valence-corrected chi connectivity index (χ3v) is 5.59. The van der Waals surface area contributed by atoms with Gasteiger partial charge in [0.05, 0.1) is 16.9 Å². The smallest absolute Gasteiger partial charge is 0.257 e. The molecule has 0 bridgehead atoms. The van der Waals surface area contributed by atoms with E-state index in [2.05, 4.69) is 5.32 Å². The van der Waals surface area contributed by atoms with Crippen molar-refractivity contribution in [1.82, 2.24) is 9.88 Å². The SMILES string of the molecule is CC1COc2cc(CCCO)cc3c(=O)c(C(=O)NCc4ccc(Cl)cc4)cn1c23. The number of carbonyl (C=O) groups excluding carboxylic acids is 1. The monoisotopic (exact) mass is 426 g/mol. The molecule has 1 amide bonds. The van der Waals surface area contributed by atoms with Crippen molar-refractivity contribution < 1.29 is 14.6 Å². The Balaban J connectivity index is 1.72. The lowest BCUT2D eigenvalue weighted by atomic mass is 10.0. The van der Waals surface area contributed by atoms with Crippen LogP contribution in [0.1, 0.15) is 40.9 Å². The summed E-state index contributed by atoms with van der Waals surface area (Å²) in [6.45, 7) is 2.82. The van der Waals surface area contributed by atoms with E-state index in [9.17, 15) is 9.59 Å². The summed E-state index contributed by atoms with van der Waals surface area (Å²) in [5.74, 6) is 0.227. The molecule has 1 aliphatic rings. The number of amides is 1. The van der Waals surface area contributed by atoms with Gasteiger partial charge in [-0.05, 0) is 55.2 Å². The molecule has 0 aliphatic carbocycles. The molecule has 0 saturated carbocycles. The van der Waals surface area contributed by atoms with Crippen LogP contribution in [-0.4, -0.2) is 28.8 Å². The molecule has 0 spiro atoms. The van der Waals surface area contributed by atoms with Crippen molar-refractivity contribution in [3.8, 4) is 5.75 Å². The molecule has 2 heterocycles. The summed E-state index contributed by atoms with van der Waals surface area (Å²) in [6, 6.07) is 10.9. The van der Waals surface area contributed by atoms with Gasteiger partial charge in [0.15, 0.2) is 0 Å². The Hall–Kier alpha value is -2.83. The van der Waals surface area contributed by atoms with Crippen molar-refractivity contribution in [3.63, 3.8) is 0 Å². The number of nitrogens with one attached hydrogen (secondary N) is 1. The highest BCUT2D eigenvalue weighted by molar-refractivity contribution is 6.30. The summed E-state index contributed by atoms with van der Waals surface area (Å²) in [7, 11) is 0. The lowest BCUT2D eigenvalue weighted by Gasteiger charge is -2.27. The fourth-order valence-electron chi connectivity index (χ4n) is 3.73. The van der Waals surface area contributed by atoms with E-state index in [0.29, 0.717) is 47.7 Å². The highest BCUT2D eigenvalue weighted by atomic mass is 35.5. The number of pyridine rings is 1. The third kappa shape index (κ3) is 3.93.